The molecule has 4 heterocycles. The molecule has 3 N–H and O–H groups in total. The van der Waals surface area contributed by atoms with Crippen LogP contribution in [0.2, 0.25) is 0 Å². The number of thiophene rings is 1. The van der Waals surface area contributed by atoms with Gasteiger partial charge < -0.3 is 10.6 Å². The van der Waals surface area contributed by atoms with E-state index in [0.717, 1.165) is 22.4 Å². The monoisotopic (exact) mass is 564 g/mol. The summed E-state index contributed by atoms with van der Waals surface area (Å²) in [6.07, 6.45) is 5.25. The van der Waals surface area contributed by atoms with Gasteiger partial charge in [0.1, 0.15) is 9.73 Å². The van der Waals surface area contributed by atoms with Crippen molar-refractivity contribution in [1.82, 2.24) is 29.9 Å². The Kier molecular flexibility index (Phi) is 6.89. The van der Waals surface area contributed by atoms with Crippen LogP contribution in [0.1, 0.15) is 23.8 Å². The Morgan fingerprint density at radius 2 is 1.89 bits per heavy atom. The van der Waals surface area contributed by atoms with Gasteiger partial charge in [-0.2, -0.15) is 12.7 Å². The normalized spacial score (nSPS) is 19.5. The van der Waals surface area contributed by atoms with Crippen LogP contribution in [-0.2, 0) is 31.5 Å². The van der Waals surface area contributed by atoms with Gasteiger partial charge in [-0.3, -0.25) is 9.35 Å². The largest absolute Gasteiger partial charge is 0.369 e. The van der Waals surface area contributed by atoms with Crippen molar-refractivity contribution >= 4 is 48.4 Å². The highest BCUT2D eigenvalue weighted by Gasteiger charge is 2.33. The molecule has 1 amide bonds. The lowest BCUT2D eigenvalue weighted by atomic mass is 10.1. The van der Waals surface area contributed by atoms with Crippen molar-refractivity contribution in [1.29, 1.82) is 0 Å². The summed E-state index contributed by atoms with van der Waals surface area (Å²) in [5.41, 5.74) is 1.56. The van der Waals surface area contributed by atoms with Crippen molar-refractivity contribution in [2.75, 3.05) is 13.1 Å². The second-order valence-electron chi connectivity index (χ2n) is 8.60. The van der Waals surface area contributed by atoms with Crippen LogP contribution >= 0.6 is 11.3 Å². The number of allylic oxidation sites excluding steroid dienone is 2. The van der Waals surface area contributed by atoms with Gasteiger partial charge in [-0.05, 0) is 55.5 Å². The third-order valence-corrected chi connectivity index (χ3v) is 10.7. The highest BCUT2D eigenvalue weighted by molar-refractivity contribution is 7.91. The predicted molar refractivity (Wildman–Crippen MR) is 136 cm³/mol. The van der Waals surface area contributed by atoms with Gasteiger partial charge in [0.2, 0.25) is 0 Å². The Balaban J connectivity index is 1.21. The summed E-state index contributed by atoms with van der Waals surface area (Å²) in [4.78, 5) is 13.1. The summed E-state index contributed by atoms with van der Waals surface area (Å²) in [5.74, 6) is -0.694. The number of sulfonamides is 1. The molecule has 37 heavy (non-hydrogen) atoms. The summed E-state index contributed by atoms with van der Waals surface area (Å²) < 4.78 is 62.4. The van der Waals surface area contributed by atoms with Crippen LogP contribution in [0.15, 0.2) is 64.5 Å². The summed E-state index contributed by atoms with van der Waals surface area (Å²) in [7, 11) is -8.25. The third-order valence-electron chi connectivity index (χ3n) is 6.26. The van der Waals surface area contributed by atoms with Crippen LogP contribution in [0, 0.1) is 0 Å². The summed E-state index contributed by atoms with van der Waals surface area (Å²) >= 11 is 1.04. The first-order valence-electron chi connectivity index (χ1n) is 11.4. The molecule has 1 aromatic carbocycles. The molecular weight excluding hydrogens is 540 g/mol. The SMILES string of the molecule is O=C(NCc1ccc(S(=O)(=O)N2CCC(n3nnc4ccccc43)CC2)s1)C1=CC=CNC1S(=O)(=O)O. The Morgan fingerprint density at radius 3 is 2.65 bits per heavy atom. The molecule has 0 aliphatic carbocycles. The van der Waals surface area contributed by atoms with E-state index in [1.54, 1.807) is 6.07 Å². The number of benzene rings is 1. The molecule has 0 radical (unpaired) electrons. The zero-order valence-electron chi connectivity index (χ0n) is 19.4. The van der Waals surface area contributed by atoms with E-state index >= 15 is 0 Å². The van der Waals surface area contributed by atoms with Crippen molar-refractivity contribution in [2.45, 2.75) is 35.0 Å². The van der Waals surface area contributed by atoms with Gasteiger partial charge in [0, 0.05) is 18.0 Å². The minimum absolute atomic E-state index is 0.000280. The van der Waals surface area contributed by atoms with Crippen molar-refractivity contribution in [3.05, 3.63) is 65.2 Å². The average Bonchev–Trinajstić information content (AvgIpc) is 3.55. The lowest BCUT2D eigenvalue weighted by molar-refractivity contribution is -0.117. The first-order chi connectivity index (χ1) is 17.6. The van der Waals surface area contributed by atoms with Crippen LogP contribution in [-0.4, -0.2) is 65.1 Å². The lowest BCUT2D eigenvalue weighted by Gasteiger charge is -2.30. The van der Waals surface area contributed by atoms with Crippen LogP contribution in [0.3, 0.4) is 0 Å². The van der Waals surface area contributed by atoms with Crippen molar-refractivity contribution in [3.63, 3.8) is 0 Å². The molecule has 0 spiro atoms. The highest BCUT2D eigenvalue weighted by Crippen LogP contribution is 2.31. The van der Waals surface area contributed by atoms with E-state index in [9.17, 15) is 26.2 Å². The minimum Gasteiger partial charge on any atom is -0.369 e. The number of amides is 1. The average molecular weight is 565 g/mol. The Hall–Kier alpha value is -3.11. The van der Waals surface area contributed by atoms with Crippen LogP contribution in [0.4, 0.5) is 0 Å². The van der Waals surface area contributed by atoms with E-state index in [1.807, 2.05) is 28.9 Å². The molecule has 2 aliphatic heterocycles. The lowest BCUT2D eigenvalue weighted by Crippen LogP contribution is -2.42. The summed E-state index contributed by atoms with van der Waals surface area (Å²) in [6.45, 7) is 0.688. The fourth-order valence-electron chi connectivity index (χ4n) is 4.39. The summed E-state index contributed by atoms with van der Waals surface area (Å²) in [6, 6.07) is 10.8. The van der Waals surface area contributed by atoms with Crippen LogP contribution < -0.4 is 10.6 Å². The molecule has 12 nitrogen and oxygen atoms in total. The molecular formula is C22H24N6O6S3. The summed E-state index contributed by atoms with van der Waals surface area (Å²) in [5, 5.41) is 11.9. The van der Waals surface area contributed by atoms with Crippen molar-refractivity contribution in [2.24, 2.45) is 0 Å². The number of carbonyl (C=O) groups excluding carboxylic acids is 1. The highest BCUT2D eigenvalue weighted by atomic mass is 32.2. The van der Waals surface area contributed by atoms with Gasteiger partial charge in [-0.1, -0.05) is 17.3 Å². The van der Waals surface area contributed by atoms with Gasteiger partial charge in [-0.25, -0.2) is 13.1 Å². The zero-order chi connectivity index (χ0) is 26.2. The number of hydrogen-bond donors (Lipinski definition) is 3. The molecule has 1 atom stereocenters. The number of dihydropyridines is 1. The zero-order valence-corrected chi connectivity index (χ0v) is 21.8. The van der Waals surface area contributed by atoms with Gasteiger partial charge in [0.15, 0.2) is 5.37 Å². The molecule has 15 heteroatoms. The Morgan fingerprint density at radius 1 is 1.14 bits per heavy atom. The first kappa shape index (κ1) is 25.5. The number of rotatable bonds is 7. The van der Waals surface area contributed by atoms with Crippen molar-refractivity contribution in [3.8, 4) is 0 Å². The van der Waals surface area contributed by atoms with Crippen LogP contribution in [0.25, 0.3) is 11.0 Å². The quantitative estimate of drug-likeness (QED) is 0.360. The maximum Gasteiger partial charge on any atom is 0.290 e. The molecule has 5 rings (SSSR count). The van der Waals surface area contributed by atoms with Gasteiger partial charge in [-0.15, -0.1) is 16.4 Å². The topological polar surface area (TPSA) is 164 Å². The van der Waals surface area contributed by atoms with E-state index in [0.29, 0.717) is 30.8 Å². The molecule has 2 aliphatic rings. The maximum absolute atomic E-state index is 13.2. The Labute approximate surface area is 217 Å². The standard InChI is InChI=1S/C22H24N6O6S3/c29-21(17-4-3-11-23-22(17)37(32,33)34)24-14-16-7-8-20(35-16)36(30,31)27-12-9-15(10-13-27)28-19-6-2-1-5-18(19)25-26-28/h1-8,11,15,22-23H,9-10,12-14H2,(H,24,29)(H,32,33,34). The Bertz CT molecular complexity index is 1600. The number of fused-ring (bicyclic) bond motifs is 1. The van der Waals surface area contributed by atoms with Gasteiger partial charge >= 0.3 is 0 Å². The molecule has 0 bridgehead atoms. The number of hydrogen-bond acceptors (Lipinski definition) is 9. The number of para-hydroxylation sites is 1. The number of nitrogens with zero attached hydrogens (tertiary/aromatic N) is 4. The number of nitrogens with one attached hydrogen (secondary N) is 2. The number of carbonyl (C=O) groups is 1. The smallest absolute Gasteiger partial charge is 0.290 e. The van der Waals surface area contributed by atoms with E-state index < -0.39 is 31.4 Å². The molecule has 2 aromatic heterocycles. The van der Waals surface area contributed by atoms with E-state index in [4.69, 9.17) is 0 Å². The number of piperidine rings is 1. The fourth-order valence-corrected chi connectivity index (χ4v) is 8.06. The van der Waals surface area contributed by atoms with E-state index in [2.05, 4.69) is 20.9 Å². The number of aromatic nitrogens is 3. The second kappa shape index (κ2) is 9.98. The van der Waals surface area contributed by atoms with Crippen molar-refractivity contribution < 1.29 is 26.2 Å². The van der Waals surface area contributed by atoms with Gasteiger partial charge in [0.25, 0.3) is 26.0 Å². The van der Waals surface area contributed by atoms with Gasteiger partial charge in [0.05, 0.1) is 23.7 Å². The second-order valence-corrected chi connectivity index (χ2v) is 13.4. The molecule has 1 unspecified atom stereocenters. The molecule has 3 aromatic rings. The molecule has 0 saturated carbocycles. The maximum atomic E-state index is 13.2. The molecule has 1 saturated heterocycles. The minimum atomic E-state index is -4.54. The van der Waals surface area contributed by atoms with E-state index in [1.165, 1.54) is 28.7 Å². The molecule has 196 valence electrons. The first-order valence-corrected chi connectivity index (χ1v) is 15.2. The van der Waals surface area contributed by atoms with E-state index in [-0.39, 0.29) is 22.4 Å². The fraction of sp³-hybridized carbons (Fsp3) is 0.318. The third kappa shape index (κ3) is 5.17. The molecule has 1 fully saturated rings. The predicted octanol–water partition coefficient (Wildman–Crippen LogP) is 1.39. The van der Waals surface area contributed by atoms with Crippen LogP contribution in [0.5, 0.6) is 0 Å².